The highest BCUT2D eigenvalue weighted by Crippen LogP contribution is 2.25. The first-order valence-corrected chi connectivity index (χ1v) is 5.80. The van der Waals surface area contributed by atoms with Gasteiger partial charge in [0.2, 0.25) is 0 Å². The highest BCUT2D eigenvalue weighted by molar-refractivity contribution is 8.02. The Kier molecular flexibility index (Phi) is 3.82. The van der Waals surface area contributed by atoms with Gasteiger partial charge in [0, 0.05) is 4.90 Å². The predicted octanol–water partition coefficient (Wildman–Crippen LogP) is 4.61. The van der Waals surface area contributed by atoms with Crippen molar-refractivity contribution in [1.29, 1.82) is 0 Å². The molecule has 0 spiro atoms. The van der Waals surface area contributed by atoms with Gasteiger partial charge >= 0.3 is 0 Å². The Morgan fingerprint density at radius 3 is 2.07 bits per heavy atom. The van der Waals surface area contributed by atoms with E-state index >= 15 is 0 Å². The quantitative estimate of drug-likeness (QED) is 0.637. The molecule has 1 heteroatoms. The van der Waals surface area contributed by atoms with Gasteiger partial charge in [0.25, 0.3) is 0 Å². The van der Waals surface area contributed by atoms with Crippen LogP contribution in [0.25, 0.3) is 0 Å². The van der Waals surface area contributed by atoms with Crippen LogP contribution in [-0.2, 0) is 5.41 Å². The molecule has 0 aliphatic carbocycles. The van der Waals surface area contributed by atoms with Crippen molar-refractivity contribution >= 4 is 11.8 Å². The Bertz CT molecular complexity index is 301. The highest BCUT2D eigenvalue weighted by Gasteiger charge is 2.12. The molecular weight excluding hydrogens is 188 g/mol. The first-order chi connectivity index (χ1) is 6.54. The van der Waals surface area contributed by atoms with E-state index in [0.29, 0.717) is 0 Å². The third-order valence-corrected chi connectivity index (χ3v) is 3.01. The number of thioether (sulfide) groups is 1. The lowest BCUT2D eigenvalue weighted by Crippen LogP contribution is -2.10. The van der Waals surface area contributed by atoms with Crippen molar-refractivity contribution in [2.75, 3.05) is 0 Å². The summed E-state index contributed by atoms with van der Waals surface area (Å²) in [5.74, 6) is 0. The van der Waals surface area contributed by atoms with Crippen molar-refractivity contribution in [3.63, 3.8) is 0 Å². The molecule has 0 saturated heterocycles. The minimum absolute atomic E-state index is 0.254. The van der Waals surface area contributed by atoms with Gasteiger partial charge in [-0.05, 0) is 35.4 Å². The summed E-state index contributed by atoms with van der Waals surface area (Å²) in [4.78, 5) is 1.30. The number of hydrogen-bond acceptors (Lipinski definition) is 1. The predicted molar refractivity (Wildman–Crippen MR) is 65.8 cm³/mol. The molecule has 0 radical (unpaired) electrons. The molecule has 0 saturated carbocycles. The maximum absolute atomic E-state index is 2.24. The third-order valence-electron chi connectivity index (χ3n) is 2.06. The molecule has 0 heterocycles. The standard InChI is InChI=1S/C13H18S/c1-5-10-14-12-8-6-11(7-9-12)13(2,3)4/h5-10H,1-4H3. The molecule has 0 amide bonds. The molecule has 1 rings (SSSR count). The van der Waals surface area contributed by atoms with E-state index in [-0.39, 0.29) is 5.41 Å². The molecule has 1 aromatic carbocycles. The average Bonchev–Trinajstić information content (AvgIpc) is 2.14. The highest BCUT2D eigenvalue weighted by atomic mass is 32.2. The lowest BCUT2D eigenvalue weighted by Gasteiger charge is -2.18. The molecule has 0 nitrogen and oxygen atoms in total. The number of hydrogen-bond donors (Lipinski definition) is 0. The van der Waals surface area contributed by atoms with E-state index in [0.717, 1.165) is 0 Å². The zero-order valence-electron chi connectivity index (χ0n) is 9.37. The molecule has 14 heavy (non-hydrogen) atoms. The lowest BCUT2D eigenvalue weighted by molar-refractivity contribution is 0.590. The summed E-state index contributed by atoms with van der Waals surface area (Å²) in [5, 5.41) is 2.10. The van der Waals surface area contributed by atoms with Gasteiger partial charge in [-0.1, -0.05) is 50.7 Å². The minimum Gasteiger partial charge on any atom is -0.0984 e. The molecule has 0 N–H and O–H groups in total. The average molecular weight is 206 g/mol. The summed E-state index contributed by atoms with van der Waals surface area (Å²) in [5.41, 5.74) is 1.64. The van der Waals surface area contributed by atoms with Gasteiger partial charge in [-0.2, -0.15) is 0 Å². The summed E-state index contributed by atoms with van der Waals surface area (Å²) >= 11 is 1.76. The maximum Gasteiger partial charge on any atom is 0.0116 e. The normalized spacial score (nSPS) is 12.3. The van der Waals surface area contributed by atoms with Crippen molar-refractivity contribution < 1.29 is 0 Å². The molecule has 0 fully saturated rings. The molecule has 0 unspecified atom stereocenters. The van der Waals surface area contributed by atoms with Gasteiger partial charge in [0.1, 0.15) is 0 Å². The van der Waals surface area contributed by atoms with Crippen LogP contribution in [0, 0.1) is 0 Å². The number of benzene rings is 1. The molecule has 0 bridgehead atoms. The lowest BCUT2D eigenvalue weighted by atomic mass is 9.87. The van der Waals surface area contributed by atoms with E-state index in [4.69, 9.17) is 0 Å². The fourth-order valence-electron chi connectivity index (χ4n) is 1.18. The van der Waals surface area contributed by atoms with E-state index in [9.17, 15) is 0 Å². The van der Waals surface area contributed by atoms with Crippen LogP contribution in [0.15, 0.2) is 40.6 Å². The molecule has 0 aliphatic rings. The Morgan fingerprint density at radius 1 is 1.07 bits per heavy atom. The van der Waals surface area contributed by atoms with Crippen LogP contribution < -0.4 is 0 Å². The van der Waals surface area contributed by atoms with Crippen LogP contribution in [0.3, 0.4) is 0 Å². The second kappa shape index (κ2) is 4.70. The van der Waals surface area contributed by atoms with Crippen LogP contribution in [0.4, 0.5) is 0 Å². The van der Waals surface area contributed by atoms with Crippen LogP contribution in [-0.4, -0.2) is 0 Å². The van der Waals surface area contributed by atoms with E-state index < -0.39 is 0 Å². The topological polar surface area (TPSA) is 0 Å². The largest absolute Gasteiger partial charge is 0.0984 e. The van der Waals surface area contributed by atoms with Crippen molar-refractivity contribution in [2.24, 2.45) is 0 Å². The van der Waals surface area contributed by atoms with Crippen molar-refractivity contribution in [3.05, 3.63) is 41.3 Å². The summed E-state index contributed by atoms with van der Waals surface area (Å²) in [6, 6.07) is 8.80. The molecule has 0 atom stereocenters. The Morgan fingerprint density at radius 2 is 1.64 bits per heavy atom. The monoisotopic (exact) mass is 206 g/mol. The van der Waals surface area contributed by atoms with Crippen LogP contribution in [0.5, 0.6) is 0 Å². The summed E-state index contributed by atoms with van der Waals surface area (Å²) in [6.45, 7) is 8.75. The molecule has 0 aliphatic heterocycles. The molecule has 76 valence electrons. The maximum atomic E-state index is 2.24. The summed E-state index contributed by atoms with van der Waals surface area (Å²) in [7, 11) is 0. The SMILES string of the molecule is CC=CSc1ccc(C(C)(C)C)cc1. The molecule has 0 aromatic heterocycles. The second-order valence-electron chi connectivity index (χ2n) is 4.36. The second-order valence-corrected chi connectivity index (χ2v) is 5.34. The Balaban J connectivity index is 2.79. The van der Waals surface area contributed by atoms with Gasteiger partial charge < -0.3 is 0 Å². The van der Waals surface area contributed by atoms with Gasteiger partial charge in [-0.3, -0.25) is 0 Å². The zero-order chi connectivity index (χ0) is 10.6. The van der Waals surface area contributed by atoms with E-state index in [2.05, 4.69) is 56.5 Å². The molecular formula is C13H18S. The van der Waals surface area contributed by atoms with Gasteiger partial charge in [-0.15, -0.1) is 0 Å². The van der Waals surface area contributed by atoms with Gasteiger partial charge in [0.05, 0.1) is 0 Å². The van der Waals surface area contributed by atoms with Crippen molar-refractivity contribution in [2.45, 2.75) is 38.0 Å². The van der Waals surface area contributed by atoms with E-state index in [1.807, 2.05) is 6.92 Å². The fraction of sp³-hybridized carbons (Fsp3) is 0.385. The Hall–Kier alpha value is -0.690. The van der Waals surface area contributed by atoms with Gasteiger partial charge in [0.15, 0.2) is 0 Å². The minimum atomic E-state index is 0.254. The first kappa shape index (κ1) is 11.4. The van der Waals surface area contributed by atoms with E-state index in [1.54, 1.807) is 11.8 Å². The first-order valence-electron chi connectivity index (χ1n) is 4.92. The van der Waals surface area contributed by atoms with Crippen LogP contribution >= 0.6 is 11.8 Å². The third kappa shape index (κ3) is 3.22. The molecule has 1 aromatic rings. The van der Waals surface area contributed by atoms with Crippen molar-refractivity contribution in [1.82, 2.24) is 0 Å². The number of rotatable bonds is 2. The Labute approximate surface area is 91.4 Å². The van der Waals surface area contributed by atoms with Crippen LogP contribution in [0.2, 0.25) is 0 Å². The van der Waals surface area contributed by atoms with Crippen molar-refractivity contribution in [3.8, 4) is 0 Å². The fourth-order valence-corrected chi connectivity index (χ4v) is 1.77. The van der Waals surface area contributed by atoms with Crippen LogP contribution in [0.1, 0.15) is 33.3 Å². The number of allylic oxidation sites excluding steroid dienone is 1. The smallest absolute Gasteiger partial charge is 0.0116 e. The van der Waals surface area contributed by atoms with E-state index in [1.165, 1.54) is 10.5 Å². The zero-order valence-corrected chi connectivity index (χ0v) is 10.2. The van der Waals surface area contributed by atoms with Gasteiger partial charge in [-0.25, -0.2) is 0 Å². The summed E-state index contributed by atoms with van der Waals surface area (Å²) < 4.78 is 0. The summed E-state index contributed by atoms with van der Waals surface area (Å²) in [6.07, 6.45) is 2.06.